The average molecular weight is 424 g/mol. The fourth-order valence-corrected chi connectivity index (χ4v) is 3.84. The molecular weight excluding hydrogens is 393 g/mol. The van der Waals surface area contributed by atoms with Crippen molar-refractivity contribution in [3.8, 4) is 0 Å². The quantitative estimate of drug-likeness (QED) is 0.374. The molecule has 12 heteroatoms. The summed E-state index contributed by atoms with van der Waals surface area (Å²) in [6, 6.07) is 0. The average Bonchev–Trinajstić information content (AvgIpc) is 3.01. The van der Waals surface area contributed by atoms with Crippen LogP contribution in [0.15, 0.2) is 0 Å². The molecule has 0 radical (unpaired) electrons. The molecule has 0 saturated carbocycles. The van der Waals surface area contributed by atoms with Crippen molar-refractivity contribution in [2.45, 2.75) is 13.1 Å². The van der Waals surface area contributed by atoms with Gasteiger partial charge in [-0.05, 0) is 7.05 Å². The highest BCUT2D eigenvalue weighted by Crippen LogP contribution is 2.10. The molecule has 1 N–H and O–H groups in total. The van der Waals surface area contributed by atoms with Gasteiger partial charge in [0.1, 0.15) is 5.69 Å². The van der Waals surface area contributed by atoms with Crippen LogP contribution in [-0.2, 0) is 37.1 Å². The standard InChI is InChI=1S/C16H30FN5O5S/c1-18-2-6-25-8-10-27-11-9-26-7-3-22-16(17)15(19-20-22)14-21-4-12-28(23,24)13-5-21/h18H,2-14H2,1H3. The number of hydrogen-bond acceptors (Lipinski definition) is 9. The van der Waals surface area contributed by atoms with E-state index in [1.165, 1.54) is 0 Å². The topological polar surface area (TPSA) is 108 Å². The van der Waals surface area contributed by atoms with Crippen LogP contribution in [0.25, 0.3) is 0 Å². The summed E-state index contributed by atoms with van der Waals surface area (Å²) < 4.78 is 54.5. The van der Waals surface area contributed by atoms with E-state index in [9.17, 15) is 12.8 Å². The van der Waals surface area contributed by atoms with E-state index in [4.69, 9.17) is 14.2 Å². The number of ether oxygens (including phenoxy) is 3. The summed E-state index contributed by atoms with van der Waals surface area (Å²) in [6.07, 6.45) is 0. The fraction of sp³-hybridized carbons (Fsp3) is 0.875. The molecule has 1 fully saturated rings. The van der Waals surface area contributed by atoms with Gasteiger partial charge in [-0.3, -0.25) is 4.90 Å². The first-order valence-electron chi connectivity index (χ1n) is 9.40. The van der Waals surface area contributed by atoms with Crippen molar-refractivity contribution < 1.29 is 27.0 Å². The van der Waals surface area contributed by atoms with Crippen LogP contribution in [0.3, 0.4) is 0 Å². The summed E-state index contributed by atoms with van der Waals surface area (Å²) in [6.45, 7) is 4.93. The van der Waals surface area contributed by atoms with Crippen molar-refractivity contribution in [1.29, 1.82) is 0 Å². The van der Waals surface area contributed by atoms with Gasteiger partial charge in [0.25, 0.3) is 0 Å². The van der Waals surface area contributed by atoms with Gasteiger partial charge in [0.05, 0.1) is 57.7 Å². The third-order valence-electron chi connectivity index (χ3n) is 4.24. The number of likely N-dealkylation sites (N-methyl/N-ethyl adjacent to an activating group) is 1. The van der Waals surface area contributed by atoms with Gasteiger partial charge in [0, 0.05) is 26.2 Å². The zero-order valence-corrected chi connectivity index (χ0v) is 17.1. The third kappa shape index (κ3) is 8.45. The molecule has 0 aromatic carbocycles. The van der Waals surface area contributed by atoms with Crippen LogP contribution in [-0.4, -0.2) is 106 Å². The Morgan fingerprint density at radius 2 is 1.64 bits per heavy atom. The molecule has 1 aromatic rings. The smallest absolute Gasteiger partial charge is 0.236 e. The van der Waals surface area contributed by atoms with E-state index in [-0.39, 0.29) is 30.3 Å². The van der Waals surface area contributed by atoms with E-state index in [2.05, 4.69) is 15.6 Å². The van der Waals surface area contributed by atoms with Crippen LogP contribution >= 0.6 is 0 Å². The minimum atomic E-state index is -2.95. The molecule has 10 nitrogen and oxygen atoms in total. The predicted octanol–water partition coefficient (Wildman–Crippen LogP) is -1.08. The summed E-state index contributed by atoms with van der Waals surface area (Å²) in [5.41, 5.74) is 0.223. The lowest BCUT2D eigenvalue weighted by Gasteiger charge is -2.25. The molecule has 1 saturated heterocycles. The molecule has 1 aliphatic rings. The lowest BCUT2D eigenvalue weighted by atomic mass is 10.4. The van der Waals surface area contributed by atoms with E-state index in [1.54, 1.807) is 0 Å². The van der Waals surface area contributed by atoms with Crippen LogP contribution in [0, 0.1) is 5.95 Å². The maximum absolute atomic E-state index is 14.3. The molecule has 0 unspecified atom stereocenters. The number of aromatic nitrogens is 3. The van der Waals surface area contributed by atoms with Gasteiger partial charge in [0.15, 0.2) is 9.84 Å². The molecule has 28 heavy (non-hydrogen) atoms. The van der Waals surface area contributed by atoms with Crippen LogP contribution in [0.5, 0.6) is 0 Å². The molecule has 1 aliphatic heterocycles. The van der Waals surface area contributed by atoms with E-state index in [1.807, 2.05) is 11.9 Å². The maximum Gasteiger partial charge on any atom is 0.236 e. The zero-order chi connectivity index (χ0) is 20.2. The summed E-state index contributed by atoms with van der Waals surface area (Å²) in [5, 5.41) is 10.7. The first kappa shape index (κ1) is 23.1. The van der Waals surface area contributed by atoms with Crippen LogP contribution in [0.1, 0.15) is 5.69 Å². The SMILES string of the molecule is CNCCOCCOCCOCCn1nnc(CN2CCS(=O)(=O)CC2)c1F. The molecule has 2 rings (SSSR count). The Hall–Kier alpha value is -1.18. The van der Waals surface area contributed by atoms with Gasteiger partial charge < -0.3 is 19.5 Å². The Labute approximate surface area is 165 Å². The first-order valence-corrected chi connectivity index (χ1v) is 11.2. The third-order valence-corrected chi connectivity index (χ3v) is 5.85. The normalized spacial score (nSPS) is 17.2. The Balaban J connectivity index is 1.55. The summed E-state index contributed by atoms with van der Waals surface area (Å²) in [7, 11) is -1.09. The molecule has 0 bridgehead atoms. The van der Waals surface area contributed by atoms with Gasteiger partial charge in [0.2, 0.25) is 5.95 Å². The lowest BCUT2D eigenvalue weighted by Crippen LogP contribution is -2.39. The number of halogens is 1. The molecule has 2 heterocycles. The van der Waals surface area contributed by atoms with Crippen molar-refractivity contribution >= 4 is 9.84 Å². The maximum atomic E-state index is 14.3. The minimum Gasteiger partial charge on any atom is -0.378 e. The summed E-state index contributed by atoms with van der Waals surface area (Å²) in [5.74, 6) is -0.311. The highest BCUT2D eigenvalue weighted by Gasteiger charge is 2.24. The number of hydrogen-bond donors (Lipinski definition) is 1. The predicted molar refractivity (Wildman–Crippen MR) is 100 cm³/mol. The van der Waals surface area contributed by atoms with Crippen molar-refractivity contribution in [3.63, 3.8) is 0 Å². The van der Waals surface area contributed by atoms with Gasteiger partial charge in [-0.25, -0.2) is 13.1 Å². The Morgan fingerprint density at radius 1 is 1.04 bits per heavy atom. The van der Waals surface area contributed by atoms with Gasteiger partial charge >= 0.3 is 0 Å². The number of nitrogens with one attached hydrogen (secondary N) is 1. The Bertz CT molecular complexity index is 658. The molecule has 1 aromatic heterocycles. The zero-order valence-electron chi connectivity index (χ0n) is 16.3. The van der Waals surface area contributed by atoms with Gasteiger partial charge in [-0.1, -0.05) is 5.21 Å². The van der Waals surface area contributed by atoms with Crippen LogP contribution < -0.4 is 5.32 Å². The molecular formula is C16H30FN5O5S. The molecule has 162 valence electrons. The number of sulfone groups is 1. The molecule has 0 atom stereocenters. The second-order valence-corrected chi connectivity index (χ2v) is 8.72. The van der Waals surface area contributed by atoms with Gasteiger partial charge in [-0.15, -0.1) is 5.10 Å². The Morgan fingerprint density at radius 3 is 2.29 bits per heavy atom. The second-order valence-electron chi connectivity index (χ2n) is 6.42. The minimum absolute atomic E-state index is 0.0980. The van der Waals surface area contributed by atoms with Crippen molar-refractivity contribution in [2.75, 3.05) is 77.8 Å². The molecule has 0 amide bonds. The monoisotopic (exact) mass is 423 g/mol. The first-order chi connectivity index (χ1) is 13.5. The summed E-state index contributed by atoms with van der Waals surface area (Å²) in [4.78, 5) is 1.87. The highest BCUT2D eigenvalue weighted by molar-refractivity contribution is 7.91. The second kappa shape index (κ2) is 12.4. The summed E-state index contributed by atoms with van der Waals surface area (Å²) >= 11 is 0. The van der Waals surface area contributed by atoms with Crippen LogP contribution in [0.2, 0.25) is 0 Å². The Kier molecular flexibility index (Phi) is 10.2. The molecule has 0 spiro atoms. The van der Waals surface area contributed by atoms with Crippen molar-refractivity contribution in [1.82, 2.24) is 25.2 Å². The van der Waals surface area contributed by atoms with Crippen LogP contribution in [0.4, 0.5) is 4.39 Å². The van der Waals surface area contributed by atoms with Crippen molar-refractivity contribution in [2.24, 2.45) is 0 Å². The van der Waals surface area contributed by atoms with E-state index < -0.39 is 15.8 Å². The van der Waals surface area contributed by atoms with E-state index in [0.717, 1.165) is 11.2 Å². The number of rotatable bonds is 14. The molecule has 0 aliphatic carbocycles. The fourth-order valence-electron chi connectivity index (χ4n) is 2.56. The largest absolute Gasteiger partial charge is 0.378 e. The van der Waals surface area contributed by atoms with E-state index >= 15 is 0 Å². The van der Waals surface area contributed by atoms with Gasteiger partial charge in [-0.2, -0.15) is 4.39 Å². The van der Waals surface area contributed by atoms with Crippen molar-refractivity contribution in [3.05, 3.63) is 11.6 Å². The number of nitrogens with zero attached hydrogens (tertiary/aromatic N) is 4. The van der Waals surface area contributed by atoms with E-state index in [0.29, 0.717) is 52.7 Å². The lowest BCUT2D eigenvalue weighted by molar-refractivity contribution is 0.0130. The highest BCUT2D eigenvalue weighted by atomic mass is 32.2.